The number of benzene rings is 1. The minimum absolute atomic E-state index is 0.555. The summed E-state index contributed by atoms with van der Waals surface area (Å²) in [5.74, 6) is 1.29. The van der Waals surface area contributed by atoms with Gasteiger partial charge in [0.2, 0.25) is 0 Å². The van der Waals surface area contributed by atoms with Gasteiger partial charge in [0.1, 0.15) is 0 Å². The monoisotopic (exact) mass is 256 g/mol. The van der Waals surface area contributed by atoms with E-state index >= 15 is 0 Å². The average Bonchev–Trinajstić information content (AvgIpc) is 3.06. The SMILES string of the molecule is CCc1c(OC)c(OC)cc(Cl)c1C1(O)CC1. The highest BCUT2D eigenvalue weighted by molar-refractivity contribution is 6.31. The lowest BCUT2D eigenvalue weighted by atomic mass is 9.97. The van der Waals surface area contributed by atoms with Crippen LogP contribution in [0.15, 0.2) is 6.07 Å². The van der Waals surface area contributed by atoms with E-state index < -0.39 is 5.60 Å². The number of ether oxygens (including phenoxy) is 2. The van der Waals surface area contributed by atoms with Crippen LogP contribution in [-0.4, -0.2) is 19.3 Å². The van der Waals surface area contributed by atoms with Crippen LogP contribution in [0.2, 0.25) is 5.02 Å². The van der Waals surface area contributed by atoms with Crippen molar-refractivity contribution in [1.29, 1.82) is 0 Å². The van der Waals surface area contributed by atoms with E-state index in [0.717, 1.165) is 30.4 Å². The Hall–Kier alpha value is -0.930. The van der Waals surface area contributed by atoms with Gasteiger partial charge < -0.3 is 14.6 Å². The first kappa shape index (κ1) is 12.5. The number of hydrogen-bond donors (Lipinski definition) is 1. The molecular formula is C13H17ClO3. The molecule has 1 saturated carbocycles. The normalized spacial score (nSPS) is 16.8. The molecule has 0 aromatic heterocycles. The van der Waals surface area contributed by atoms with E-state index in [0.29, 0.717) is 16.5 Å². The molecule has 1 N–H and O–H groups in total. The van der Waals surface area contributed by atoms with E-state index in [4.69, 9.17) is 21.1 Å². The summed E-state index contributed by atoms with van der Waals surface area (Å²) in [7, 11) is 3.19. The Balaban J connectivity index is 2.66. The number of halogens is 1. The van der Waals surface area contributed by atoms with Crippen LogP contribution in [0.4, 0.5) is 0 Å². The van der Waals surface area contributed by atoms with Crippen LogP contribution in [0.3, 0.4) is 0 Å². The van der Waals surface area contributed by atoms with Gasteiger partial charge in [-0.1, -0.05) is 18.5 Å². The summed E-state index contributed by atoms with van der Waals surface area (Å²) in [6, 6.07) is 1.71. The molecule has 2 rings (SSSR count). The Kier molecular flexibility index (Phi) is 3.23. The number of methoxy groups -OCH3 is 2. The van der Waals surface area contributed by atoms with Crippen molar-refractivity contribution in [1.82, 2.24) is 0 Å². The summed E-state index contributed by atoms with van der Waals surface area (Å²) in [6.45, 7) is 2.02. The molecule has 0 amide bonds. The Morgan fingerprint density at radius 3 is 2.41 bits per heavy atom. The highest BCUT2D eigenvalue weighted by Gasteiger charge is 2.46. The molecule has 0 unspecified atom stereocenters. The molecule has 3 nitrogen and oxygen atoms in total. The Morgan fingerprint density at radius 1 is 1.35 bits per heavy atom. The zero-order chi connectivity index (χ0) is 12.6. The van der Waals surface area contributed by atoms with Crippen molar-refractivity contribution in [2.75, 3.05) is 14.2 Å². The molecule has 1 aliphatic carbocycles. The molecular weight excluding hydrogens is 240 g/mol. The maximum atomic E-state index is 10.3. The lowest BCUT2D eigenvalue weighted by Crippen LogP contribution is -2.11. The molecule has 0 atom stereocenters. The van der Waals surface area contributed by atoms with Crippen LogP contribution >= 0.6 is 11.6 Å². The molecule has 4 heteroatoms. The minimum Gasteiger partial charge on any atom is -0.493 e. The minimum atomic E-state index is -0.762. The van der Waals surface area contributed by atoms with Gasteiger partial charge in [-0.15, -0.1) is 0 Å². The highest BCUT2D eigenvalue weighted by atomic mass is 35.5. The van der Waals surface area contributed by atoms with Gasteiger partial charge in [-0.2, -0.15) is 0 Å². The molecule has 0 heterocycles. The molecule has 17 heavy (non-hydrogen) atoms. The smallest absolute Gasteiger partial charge is 0.164 e. The van der Waals surface area contributed by atoms with Gasteiger partial charge >= 0.3 is 0 Å². The second-order valence-corrected chi connectivity index (χ2v) is 4.74. The Bertz CT molecular complexity index is 439. The quantitative estimate of drug-likeness (QED) is 0.900. The van der Waals surface area contributed by atoms with Crippen LogP contribution in [0.5, 0.6) is 11.5 Å². The van der Waals surface area contributed by atoms with Crippen molar-refractivity contribution in [3.8, 4) is 11.5 Å². The van der Waals surface area contributed by atoms with Gasteiger partial charge in [-0.05, 0) is 19.3 Å². The first-order valence-electron chi connectivity index (χ1n) is 5.73. The third-order valence-corrected chi connectivity index (χ3v) is 3.56. The lowest BCUT2D eigenvalue weighted by Gasteiger charge is -2.20. The zero-order valence-corrected chi connectivity index (χ0v) is 11.1. The second-order valence-electron chi connectivity index (χ2n) is 4.33. The van der Waals surface area contributed by atoms with Crippen molar-refractivity contribution < 1.29 is 14.6 Å². The zero-order valence-electron chi connectivity index (χ0n) is 10.3. The standard InChI is InChI=1S/C13H17ClO3/c1-4-8-11(13(15)5-6-13)9(14)7-10(16-2)12(8)17-3/h7,15H,4-6H2,1-3H3. The number of hydrogen-bond acceptors (Lipinski definition) is 3. The van der Waals surface area contributed by atoms with Crippen molar-refractivity contribution in [2.24, 2.45) is 0 Å². The predicted octanol–water partition coefficient (Wildman–Crippen LogP) is 2.90. The van der Waals surface area contributed by atoms with Gasteiger partial charge in [0.05, 0.1) is 24.8 Å². The largest absolute Gasteiger partial charge is 0.493 e. The fraction of sp³-hybridized carbons (Fsp3) is 0.538. The summed E-state index contributed by atoms with van der Waals surface area (Å²) in [5, 5.41) is 10.9. The third-order valence-electron chi connectivity index (χ3n) is 3.26. The number of aliphatic hydroxyl groups is 1. The first-order valence-corrected chi connectivity index (χ1v) is 6.11. The van der Waals surface area contributed by atoms with Gasteiger partial charge in [0.25, 0.3) is 0 Å². The molecule has 1 aliphatic rings. The van der Waals surface area contributed by atoms with Crippen LogP contribution < -0.4 is 9.47 Å². The summed E-state index contributed by atoms with van der Waals surface area (Å²) in [5.41, 5.74) is 0.985. The van der Waals surface area contributed by atoms with Crippen molar-refractivity contribution in [2.45, 2.75) is 31.8 Å². The van der Waals surface area contributed by atoms with E-state index in [9.17, 15) is 5.11 Å². The van der Waals surface area contributed by atoms with E-state index in [1.54, 1.807) is 20.3 Å². The summed E-state index contributed by atoms with van der Waals surface area (Å²) in [6.07, 6.45) is 2.27. The van der Waals surface area contributed by atoms with Crippen molar-refractivity contribution in [3.63, 3.8) is 0 Å². The van der Waals surface area contributed by atoms with Crippen LogP contribution in [0, 0.1) is 0 Å². The summed E-state index contributed by atoms with van der Waals surface area (Å²) in [4.78, 5) is 0. The molecule has 1 aromatic rings. The lowest BCUT2D eigenvalue weighted by molar-refractivity contribution is 0.150. The van der Waals surface area contributed by atoms with Crippen LogP contribution in [0.25, 0.3) is 0 Å². The molecule has 1 fully saturated rings. The predicted molar refractivity (Wildman–Crippen MR) is 67.1 cm³/mol. The molecule has 0 bridgehead atoms. The van der Waals surface area contributed by atoms with E-state index in [1.807, 2.05) is 6.92 Å². The van der Waals surface area contributed by atoms with Crippen LogP contribution in [0.1, 0.15) is 30.9 Å². The maximum Gasteiger partial charge on any atom is 0.164 e. The van der Waals surface area contributed by atoms with Gasteiger partial charge in [0, 0.05) is 17.2 Å². The fourth-order valence-electron chi connectivity index (χ4n) is 2.24. The van der Waals surface area contributed by atoms with Crippen LogP contribution in [-0.2, 0) is 12.0 Å². The second kappa shape index (κ2) is 4.39. The van der Waals surface area contributed by atoms with Gasteiger partial charge in [-0.25, -0.2) is 0 Å². The van der Waals surface area contributed by atoms with Crippen molar-refractivity contribution in [3.05, 3.63) is 22.2 Å². The fourth-order valence-corrected chi connectivity index (χ4v) is 2.63. The molecule has 0 spiro atoms. The van der Waals surface area contributed by atoms with E-state index in [-0.39, 0.29) is 0 Å². The molecule has 0 saturated heterocycles. The van der Waals surface area contributed by atoms with E-state index in [2.05, 4.69) is 0 Å². The van der Waals surface area contributed by atoms with E-state index in [1.165, 1.54) is 0 Å². The summed E-state index contributed by atoms with van der Waals surface area (Å²) >= 11 is 6.25. The maximum absolute atomic E-state index is 10.3. The highest BCUT2D eigenvalue weighted by Crippen LogP contribution is 2.52. The molecule has 1 aromatic carbocycles. The first-order chi connectivity index (χ1) is 8.07. The van der Waals surface area contributed by atoms with Crippen molar-refractivity contribution >= 4 is 11.6 Å². The van der Waals surface area contributed by atoms with Gasteiger partial charge in [0.15, 0.2) is 11.5 Å². The molecule has 94 valence electrons. The third kappa shape index (κ3) is 1.98. The Morgan fingerprint density at radius 2 is 2.00 bits per heavy atom. The summed E-state index contributed by atoms with van der Waals surface area (Å²) < 4.78 is 10.6. The topological polar surface area (TPSA) is 38.7 Å². The Labute approximate surface area is 106 Å². The molecule has 0 aliphatic heterocycles. The molecule has 0 radical (unpaired) electrons. The number of rotatable bonds is 4. The average molecular weight is 257 g/mol. The van der Waals surface area contributed by atoms with Gasteiger partial charge in [-0.3, -0.25) is 0 Å².